The van der Waals surface area contributed by atoms with Gasteiger partial charge in [0.15, 0.2) is 11.5 Å². The van der Waals surface area contributed by atoms with Crippen molar-refractivity contribution in [3.8, 4) is 11.5 Å². The zero-order valence-electron chi connectivity index (χ0n) is 13.5. The molecular formula is C17H16N2O5. The van der Waals surface area contributed by atoms with Crippen LogP contribution >= 0.6 is 0 Å². The Kier molecular flexibility index (Phi) is 5.62. The fraction of sp³-hybridized carbons (Fsp3) is 0.176. The molecule has 0 fully saturated rings. The van der Waals surface area contributed by atoms with Crippen LogP contribution in [0.2, 0.25) is 0 Å². The second-order valence-electron chi connectivity index (χ2n) is 4.63. The molecule has 0 amide bonds. The summed E-state index contributed by atoms with van der Waals surface area (Å²) in [7, 11) is 2.84. The van der Waals surface area contributed by atoms with Crippen LogP contribution in [0.3, 0.4) is 0 Å². The highest BCUT2D eigenvalue weighted by atomic mass is 16.7. The maximum atomic E-state index is 12.3. The third-order valence-electron chi connectivity index (χ3n) is 3.09. The lowest BCUT2D eigenvalue weighted by atomic mass is 10.2. The molecule has 24 heavy (non-hydrogen) atoms. The number of benzene rings is 1. The SMILES string of the molecule is COc1cccc(OC)c1C(=O)ON=C(C(C)=O)c1ccccn1. The Morgan fingerprint density at radius 1 is 1.00 bits per heavy atom. The topological polar surface area (TPSA) is 87.1 Å². The monoisotopic (exact) mass is 328 g/mol. The van der Waals surface area contributed by atoms with Crippen molar-refractivity contribution in [3.05, 3.63) is 53.9 Å². The summed E-state index contributed by atoms with van der Waals surface area (Å²) in [5.74, 6) is -0.638. The van der Waals surface area contributed by atoms with Crippen molar-refractivity contribution in [1.29, 1.82) is 0 Å². The number of ketones is 1. The minimum absolute atomic E-state index is 0.0576. The van der Waals surface area contributed by atoms with E-state index in [1.165, 1.54) is 27.3 Å². The molecule has 2 aromatic rings. The van der Waals surface area contributed by atoms with Gasteiger partial charge in [-0.05, 0) is 24.3 Å². The number of aromatic nitrogens is 1. The number of oxime groups is 1. The molecule has 0 atom stereocenters. The molecule has 0 unspecified atom stereocenters. The quantitative estimate of drug-likeness (QED) is 0.459. The van der Waals surface area contributed by atoms with E-state index >= 15 is 0 Å². The fourth-order valence-electron chi connectivity index (χ4n) is 1.98. The fourth-order valence-corrected chi connectivity index (χ4v) is 1.98. The lowest BCUT2D eigenvalue weighted by Gasteiger charge is -2.10. The van der Waals surface area contributed by atoms with Crippen LogP contribution in [0, 0.1) is 0 Å². The minimum Gasteiger partial charge on any atom is -0.496 e. The number of pyridine rings is 1. The maximum Gasteiger partial charge on any atom is 0.373 e. The van der Waals surface area contributed by atoms with Crippen LogP contribution in [0.25, 0.3) is 0 Å². The van der Waals surface area contributed by atoms with Crippen molar-refractivity contribution in [2.45, 2.75) is 6.92 Å². The molecule has 124 valence electrons. The van der Waals surface area contributed by atoms with Gasteiger partial charge in [0, 0.05) is 13.1 Å². The molecular weight excluding hydrogens is 312 g/mol. The average Bonchev–Trinajstić information content (AvgIpc) is 2.61. The Hall–Kier alpha value is -3.22. The predicted octanol–water partition coefficient (Wildman–Crippen LogP) is 2.25. The second-order valence-corrected chi connectivity index (χ2v) is 4.63. The first-order valence-electron chi connectivity index (χ1n) is 7.01. The molecule has 0 N–H and O–H groups in total. The van der Waals surface area contributed by atoms with Crippen molar-refractivity contribution < 1.29 is 23.9 Å². The molecule has 0 saturated carbocycles. The summed E-state index contributed by atoms with van der Waals surface area (Å²) in [6.07, 6.45) is 1.51. The molecule has 0 bridgehead atoms. The summed E-state index contributed by atoms with van der Waals surface area (Å²) in [5, 5.41) is 3.66. The van der Waals surface area contributed by atoms with Gasteiger partial charge >= 0.3 is 5.97 Å². The molecule has 0 aliphatic carbocycles. The normalized spacial score (nSPS) is 10.9. The number of Topliss-reactive ketones (excluding diaryl/α,β-unsaturated/α-hetero) is 1. The van der Waals surface area contributed by atoms with Crippen molar-refractivity contribution in [1.82, 2.24) is 4.98 Å². The highest BCUT2D eigenvalue weighted by Crippen LogP contribution is 2.28. The number of methoxy groups -OCH3 is 2. The van der Waals surface area contributed by atoms with E-state index in [0.29, 0.717) is 5.69 Å². The van der Waals surface area contributed by atoms with Crippen molar-refractivity contribution in [2.24, 2.45) is 5.16 Å². The largest absolute Gasteiger partial charge is 0.496 e. The van der Waals surface area contributed by atoms with Gasteiger partial charge in [0.05, 0.1) is 19.9 Å². The van der Waals surface area contributed by atoms with Crippen LogP contribution in [-0.2, 0) is 9.63 Å². The van der Waals surface area contributed by atoms with E-state index in [2.05, 4.69) is 10.1 Å². The Morgan fingerprint density at radius 2 is 1.67 bits per heavy atom. The molecule has 1 aromatic heterocycles. The van der Waals surface area contributed by atoms with E-state index in [1.807, 2.05) is 0 Å². The van der Waals surface area contributed by atoms with Gasteiger partial charge in [0.2, 0.25) is 0 Å². The number of ether oxygens (including phenoxy) is 2. The summed E-state index contributed by atoms with van der Waals surface area (Å²) in [6, 6.07) is 9.85. The Balaban J connectivity index is 2.34. The maximum absolute atomic E-state index is 12.3. The average molecular weight is 328 g/mol. The zero-order chi connectivity index (χ0) is 17.5. The van der Waals surface area contributed by atoms with Gasteiger partial charge in [0.1, 0.15) is 17.1 Å². The van der Waals surface area contributed by atoms with Gasteiger partial charge in [-0.2, -0.15) is 0 Å². The van der Waals surface area contributed by atoms with Crippen molar-refractivity contribution in [2.75, 3.05) is 14.2 Å². The summed E-state index contributed by atoms with van der Waals surface area (Å²) < 4.78 is 10.3. The van der Waals surface area contributed by atoms with Gasteiger partial charge in [-0.25, -0.2) is 4.79 Å². The third-order valence-corrected chi connectivity index (χ3v) is 3.09. The number of hydrogen-bond acceptors (Lipinski definition) is 7. The Labute approximate surface area is 138 Å². The number of carbonyl (C=O) groups is 2. The summed E-state index contributed by atoms with van der Waals surface area (Å²) >= 11 is 0. The van der Waals surface area contributed by atoms with E-state index < -0.39 is 5.97 Å². The van der Waals surface area contributed by atoms with E-state index in [4.69, 9.17) is 14.3 Å². The first-order valence-corrected chi connectivity index (χ1v) is 7.01. The van der Waals surface area contributed by atoms with Gasteiger partial charge in [-0.3, -0.25) is 9.78 Å². The Bertz CT molecular complexity index is 750. The predicted molar refractivity (Wildman–Crippen MR) is 86.4 cm³/mol. The van der Waals surface area contributed by atoms with Gasteiger partial charge in [0.25, 0.3) is 0 Å². The smallest absolute Gasteiger partial charge is 0.373 e. The van der Waals surface area contributed by atoms with Crippen molar-refractivity contribution >= 4 is 17.5 Å². The van der Waals surface area contributed by atoms with Crippen molar-refractivity contribution in [3.63, 3.8) is 0 Å². The lowest BCUT2D eigenvalue weighted by molar-refractivity contribution is -0.111. The van der Waals surface area contributed by atoms with Gasteiger partial charge in [-0.1, -0.05) is 17.3 Å². The molecule has 1 heterocycles. The lowest BCUT2D eigenvalue weighted by Crippen LogP contribution is -2.15. The standard InChI is InChI=1S/C17H16N2O5/c1-11(20)16(12-7-4-5-10-18-12)19-24-17(21)15-13(22-2)8-6-9-14(15)23-3/h4-10H,1-3H3. The highest BCUT2D eigenvalue weighted by Gasteiger charge is 2.21. The molecule has 2 rings (SSSR count). The van der Waals surface area contributed by atoms with Crippen LogP contribution in [0.15, 0.2) is 47.8 Å². The van der Waals surface area contributed by atoms with Gasteiger partial charge < -0.3 is 14.3 Å². The Morgan fingerprint density at radius 3 is 2.17 bits per heavy atom. The number of carbonyl (C=O) groups excluding carboxylic acids is 2. The minimum atomic E-state index is -0.806. The molecule has 7 nitrogen and oxygen atoms in total. The zero-order valence-corrected chi connectivity index (χ0v) is 13.5. The van der Waals surface area contributed by atoms with E-state index in [9.17, 15) is 9.59 Å². The molecule has 0 saturated heterocycles. The molecule has 7 heteroatoms. The molecule has 0 aliphatic heterocycles. The number of rotatable bonds is 6. The summed E-state index contributed by atoms with van der Waals surface area (Å²) in [6.45, 7) is 1.31. The molecule has 0 radical (unpaired) electrons. The van der Waals surface area contributed by atoms with Crippen LogP contribution in [0.4, 0.5) is 0 Å². The summed E-state index contributed by atoms with van der Waals surface area (Å²) in [5.41, 5.74) is 0.331. The highest BCUT2D eigenvalue weighted by molar-refractivity contribution is 6.44. The van der Waals surface area contributed by atoms with E-state index in [-0.39, 0.29) is 28.6 Å². The van der Waals surface area contributed by atoms with E-state index in [0.717, 1.165) is 0 Å². The molecule has 0 spiro atoms. The second kappa shape index (κ2) is 7.87. The van der Waals surface area contributed by atoms with E-state index in [1.54, 1.807) is 36.4 Å². The van der Waals surface area contributed by atoms with Gasteiger partial charge in [-0.15, -0.1) is 0 Å². The van der Waals surface area contributed by atoms with Crippen LogP contribution in [0.5, 0.6) is 11.5 Å². The molecule has 1 aromatic carbocycles. The number of nitrogens with zero attached hydrogens (tertiary/aromatic N) is 2. The van der Waals surface area contributed by atoms with Crippen LogP contribution in [0.1, 0.15) is 23.0 Å². The van der Waals surface area contributed by atoms with Crippen LogP contribution < -0.4 is 9.47 Å². The number of hydrogen-bond donors (Lipinski definition) is 0. The first kappa shape index (κ1) is 17.1. The summed E-state index contributed by atoms with van der Waals surface area (Å²) in [4.78, 5) is 33.0. The first-order chi connectivity index (χ1) is 11.6. The third kappa shape index (κ3) is 3.75. The van der Waals surface area contributed by atoms with Crippen LogP contribution in [-0.4, -0.2) is 36.7 Å². The molecule has 0 aliphatic rings.